The number of aromatic nitrogens is 3. The van der Waals surface area contributed by atoms with Crippen LogP contribution in [0.2, 0.25) is 0 Å². The first kappa shape index (κ1) is 22.5. The second-order valence-electron chi connectivity index (χ2n) is 8.87. The van der Waals surface area contributed by atoms with Crippen LogP contribution >= 0.6 is 0 Å². The zero-order chi connectivity index (χ0) is 24.4. The van der Waals surface area contributed by atoms with E-state index in [-0.39, 0.29) is 17.9 Å². The van der Waals surface area contributed by atoms with Gasteiger partial charge >= 0.3 is 0 Å². The van der Waals surface area contributed by atoms with Crippen LogP contribution in [-0.2, 0) is 4.79 Å². The summed E-state index contributed by atoms with van der Waals surface area (Å²) in [5, 5.41) is 8.89. The average molecular weight is 466 g/mol. The molecule has 2 aromatic carbocycles. The minimum atomic E-state index is -0.142. The summed E-state index contributed by atoms with van der Waals surface area (Å²) in [5.74, 6) is -0.187. The minimum absolute atomic E-state index is 0.0450. The highest BCUT2D eigenvalue weighted by atomic mass is 16.2. The number of aryl methyl sites for hydroxylation is 1. The number of nitrogens with one attached hydrogen (secondary N) is 1. The van der Waals surface area contributed by atoms with Gasteiger partial charge < -0.3 is 10.2 Å². The summed E-state index contributed by atoms with van der Waals surface area (Å²) in [6.45, 7) is 6.93. The van der Waals surface area contributed by atoms with E-state index in [4.69, 9.17) is 5.10 Å². The van der Waals surface area contributed by atoms with Gasteiger partial charge in [0.05, 0.1) is 11.6 Å². The van der Waals surface area contributed by atoms with Crippen molar-refractivity contribution in [2.75, 3.05) is 18.4 Å². The van der Waals surface area contributed by atoms with E-state index in [1.54, 1.807) is 12.3 Å². The lowest BCUT2D eigenvalue weighted by Crippen LogP contribution is -2.40. The van der Waals surface area contributed by atoms with E-state index >= 15 is 0 Å². The van der Waals surface area contributed by atoms with Crippen LogP contribution in [0.1, 0.15) is 34.8 Å². The van der Waals surface area contributed by atoms with E-state index in [1.165, 1.54) is 6.08 Å². The Labute approximate surface area is 204 Å². The summed E-state index contributed by atoms with van der Waals surface area (Å²) in [5.41, 5.74) is 5.14. The fourth-order valence-corrected chi connectivity index (χ4v) is 4.66. The highest BCUT2D eigenvalue weighted by molar-refractivity contribution is 6.04. The van der Waals surface area contributed by atoms with Crippen LogP contribution in [0.15, 0.2) is 79.6 Å². The molecule has 2 amide bonds. The van der Waals surface area contributed by atoms with E-state index in [0.29, 0.717) is 17.8 Å². The standard InChI is InChI=1S/C28H27N5O2/c1-3-26(34)32-15-5-8-23(18-32)33-25-13-14-29-17-24(25)27(31-33)20-9-11-22(12-10-20)30-28(35)21-7-4-6-19(2)16-21/h3-4,6-7,9-14,16-17,23H,1,5,8,15,18H2,2H3,(H,30,35)/t23-/m1/s1. The molecule has 35 heavy (non-hydrogen) atoms. The molecule has 0 spiro atoms. The van der Waals surface area contributed by atoms with Crippen LogP contribution in [0.3, 0.4) is 0 Å². The summed E-state index contributed by atoms with van der Waals surface area (Å²) in [6, 6.07) is 17.2. The largest absolute Gasteiger partial charge is 0.337 e. The van der Waals surface area contributed by atoms with Gasteiger partial charge in [-0.15, -0.1) is 0 Å². The SMILES string of the molecule is C=CC(=O)N1CCC[C@@H](n2nc(-c3ccc(NC(=O)c4cccc(C)c4)cc3)c3cnccc32)C1. The van der Waals surface area contributed by atoms with Gasteiger partial charge in [0.15, 0.2) is 0 Å². The number of likely N-dealkylation sites (tertiary alicyclic amines) is 1. The molecule has 0 aliphatic carbocycles. The van der Waals surface area contributed by atoms with Crippen LogP contribution in [0.4, 0.5) is 5.69 Å². The molecular weight excluding hydrogens is 438 g/mol. The number of nitrogens with zero attached hydrogens (tertiary/aromatic N) is 4. The molecule has 7 heteroatoms. The molecule has 2 aromatic heterocycles. The number of fused-ring (bicyclic) bond motifs is 1. The normalized spacial score (nSPS) is 15.7. The molecule has 176 valence electrons. The lowest BCUT2D eigenvalue weighted by molar-refractivity contribution is -0.127. The van der Waals surface area contributed by atoms with Crippen molar-refractivity contribution in [2.45, 2.75) is 25.8 Å². The quantitative estimate of drug-likeness (QED) is 0.420. The van der Waals surface area contributed by atoms with E-state index in [1.807, 2.05) is 71.2 Å². The molecule has 0 unspecified atom stereocenters. The van der Waals surface area contributed by atoms with Crippen LogP contribution in [0.5, 0.6) is 0 Å². The Morgan fingerprint density at radius 1 is 1.14 bits per heavy atom. The predicted molar refractivity (Wildman–Crippen MR) is 137 cm³/mol. The highest BCUT2D eigenvalue weighted by Gasteiger charge is 2.26. The van der Waals surface area contributed by atoms with Gasteiger partial charge in [0.2, 0.25) is 5.91 Å². The predicted octanol–water partition coefficient (Wildman–Crippen LogP) is 5.01. The van der Waals surface area contributed by atoms with Gasteiger partial charge in [-0.25, -0.2) is 0 Å². The minimum Gasteiger partial charge on any atom is -0.337 e. The van der Waals surface area contributed by atoms with Gasteiger partial charge in [-0.2, -0.15) is 5.10 Å². The number of benzene rings is 2. The lowest BCUT2D eigenvalue weighted by Gasteiger charge is -2.32. The zero-order valence-corrected chi connectivity index (χ0v) is 19.6. The van der Waals surface area contributed by atoms with Crippen molar-refractivity contribution in [1.82, 2.24) is 19.7 Å². The summed E-state index contributed by atoms with van der Waals surface area (Å²) in [6.07, 6.45) is 6.84. The van der Waals surface area contributed by atoms with Crippen molar-refractivity contribution in [3.63, 3.8) is 0 Å². The molecular formula is C28H27N5O2. The molecule has 1 aliphatic rings. The molecule has 1 atom stereocenters. The van der Waals surface area contributed by atoms with E-state index < -0.39 is 0 Å². The van der Waals surface area contributed by atoms with Crippen molar-refractivity contribution in [1.29, 1.82) is 0 Å². The molecule has 7 nitrogen and oxygen atoms in total. The average Bonchev–Trinajstić information content (AvgIpc) is 3.28. The summed E-state index contributed by atoms with van der Waals surface area (Å²) in [4.78, 5) is 30.9. The Balaban J connectivity index is 1.42. The van der Waals surface area contributed by atoms with Crippen molar-refractivity contribution in [3.8, 4) is 11.3 Å². The van der Waals surface area contributed by atoms with E-state index in [9.17, 15) is 9.59 Å². The van der Waals surface area contributed by atoms with Gasteiger partial charge in [0.25, 0.3) is 5.91 Å². The number of hydrogen-bond acceptors (Lipinski definition) is 4. The second kappa shape index (κ2) is 9.54. The van der Waals surface area contributed by atoms with Gasteiger partial charge in [-0.05, 0) is 56.2 Å². The number of hydrogen-bond donors (Lipinski definition) is 1. The third kappa shape index (κ3) is 4.57. The molecule has 0 saturated carbocycles. The molecule has 1 saturated heterocycles. The summed E-state index contributed by atoms with van der Waals surface area (Å²) >= 11 is 0. The number of pyridine rings is 1. The van der Waals surface area contributed by atoms with E-state index in [0.717, 1.165) is 47.1 Å². The Bertz CT molecular complexity index is 1410. The van der Waals surface area contributed by atoms with Gasteiger partial charge in [0.1, 0.15) is 5.69 Å². The summed E-state index contributed by atoms with van der Waals surface area (Å²) < 4.78 is 2.03. The maximum atomic E-state index is 12.6. The van der Waals surface area contributed by atoms with Crippen LogP contribution in [0, 0.1) is 6.92 Å². The van der Waals surface area contributed by atoms with Crippen LogP contribution in [-0.4, -0.2) is 44.6 Å². The highest BCUT2D eigenvalue weighted by Crippen LogP contribution is 2.32. The Morgan fingerprint density at radius 2 is 1.97 bits per heavy atom. The Hall–Kier alpha value is -4.26. The third-order valence-corrected chi connectivity index (χ3v) is 6.43. The first-order valence-electron chi connectivity index (χ1n) is 11.8. The first-order valence-corrected chi connectivity index (χ1v) is 11.8. The molecule has 3 heterocycles. The fraction of sp³-hybridized carbons (Fsp3) is 0.214. The first-order chi connectivity index (χ1) is 17.0. The van der Waals surface area contributed by atoms with Crippen molar-refractivity contribution < 1.29 is 9.59 Å². The van der Waals surface area contributed by atoms with Gasteiger partial charge in [-0.3, -0.25) is 19.3 Å². The number of piperidine rings is 1. The molecule has 4 aromatic rings. The number of amides is 2. The Morgan fingerprint density at radius 3 is 2.74 bits per heavy atom. The monoisotopic (exact) mass is 465 g/mol. The van der Waals surface area contributed by atoms with Crippen LogP contribution in [0.25, 0.3) is 22.2 Å². The second-order valence-corrected chi connectivity index (χ2v) is 8.87. The molecule has 0 radical (unpaired) electrons. The number of anilines is 1. The third-order valence-electron chi connectivity index (χ3n) is 6.43. The molecule has 1 aliphatic heterocycles. The van der Waals surface area contributed by atoms with Gasteiger partial charge in [-0.1, -0.05) is 36.4 Å². The molecule has 0 bridgehead atoms. The summed E-state index contributed by atoms with van der Waals surface area (Å²) in [7, 11) is 0. The molecule has 5 rings (SSSR count). The lowest BCUT2D eigenvalue weighted by atomic mass is 10.1. The van der Waals surface area contributed by atoms with Crippen molar-refractivity contribution in [3.05, 3.63) is 90.8 Å². The maximum Gasteiger partial charge on any atom is 0.255 e. The number of rotatable bonds is 5. The van der Waals surface area contributed by atoms with Crippen molar-refractivity contribution >= 4 is 28.4 Å². The number of carbonyl (C=O) groups is 2. The molecule has 1 fully saturated rings. The molecule has 1 N–H and O–H groups in total. The topological polar surface area (TPSA) is 80.1 Å². The van der Waals surface area contributed by atoms with Crippen molar-refractivity contribution in [2.24, 2.45) is 0 Å². The number of carbonyl (C=O) groups excluding carboxylic acids is 2. The smallest absolute Gasteiger partial charge is 0.255 e. The Kier molecular flexibility index (Phi) is 6.14. The fourth-order valence-electron chi connectivity index (χ4n) is 4.66. The van der Waals surface area contributed by atoms with Gasteiger partial charge in [0, 0.05) is 47.7 Å². The van der Waals surface area contributed by atoms with E-state index in [2.05, 4.69) is 16.9 Å². The van der Waals surface area contributed by atoms with Crippen LogP contribution < -0.4 is 5.32 Å². The maximum absolute atomic E-state index is 12.6. The zero-order valence-electron chi connectivity index (χ0n) is 19.6.